The van der Waals surface area contributed by atoms with E-state index in [-0.39, 0.29) is 41.7 Å². The quantitative estimate of drug-likeness (QED) is 0.312. The SMILES string of the molecule is CCOC(=O)/C=C1\CCN(C(=O)OC(C)(C)C)C(=O)c2c1c1cc(F)ccc1n2C(=O)OC(C)(C)C. The second-order valence-electron chi connectivity index (χ2n) is 10.3. The first kappa shape index (κ1) is 26.9. The van der Waals surface area contributed by atoms with Gasteiger partial charge in [0.15, 0.2) is 0 Å². The van der Waals surface area contributed by atoms with E-state index in [1.165, 1.54) is 18.2 Å². The highest BCUT2D eigenvalue weighted by molar-refractivity contribution is 6.15. The summed E-state index contributed by atoms with van der Waals surface area (Å²) in [5.41, 5.74) is -1.39. The van der Waals surface area contributed by atoms with E-state index in [0.717, 1.165) is 15.5 Å². The molecule has 0 spiro atoms. The highest BCUT2D eigenvalue weighted by Crippen LogP contribution is 2.38. The van der Waals surface area contributed by atoms with E-state index in [0.29, 0.717) is 5.57 Å². The largest absolute Gasteiger partial charge is 0.463 e. The van der Waals surface area contributed by atoms with Gasteiger partial charge < -0.3 is 14.2 Å². The van der Waals surface area contributed by atoms with Gasteiger partial charge in [0.25, 0.3) is 5.91 Å². The third-order valence-corrected chi connectivity index (χ3v) is 5.07. The van der Waals surface area contributed by atoms with E-state index in [2.05, 4.69) is 0 Å². The van der Waals surface area contributed by atoms with Gasteiger partial charge >= 0.3 is 18.2 Å². The molecule has 0 aliphatic carbocycles. The normalized spacial score (nSPS) is 15.5. The van der Waals surface area contributed by atoms with Gasteiger partial charge in [-0.05, 0) is 78.7 Å². The van der Waals surface area contributed by atoms with Gasteiger partial charge in [-0.15, -0.1) is 0 Å². The Bertz CT molecular complexity index is 1260. The van der Waals surface area contributed by atoms with Crippen molar-refractivity contribution in [2.75, 3.05) is 13.2 Å². The minimum Gasteiger partial charge on any atom is -0.463 e. The van der Waals surface area contributed by atoms with Crippen LogP contribution in [-0.4, -0.2) is 57.9 Å². The Morgan fingerprint density at radius 3 is 2.22 bits per heavy atom. The van der Waals surface area contributed by atoms with Crippen LogP contribution in [-0.2, 0) is 19.0 Å². The molecule has 0 saturated heterocycles. The number of aromatic nitrogens is 1. The molecule has 1 aliphatic heterocycles. The van der Waals surface area contributed by atoms with Crippen LogP contribution in [0.3, 0.4) is 0 Å². The molecule has 2 heterocycles. The molecule has 0 unspecified atom stereocenters. The number of hydrogen-bond donors (Lipinski definition) is 0. The van der Waals surface area contributed by atoms with Crippen molar-refractivity contribution in [1.82, 2.24) is 9.47 Å². The number of rotatable bonds is 2. The molecular weight excluding hydrogens is 471 g/mol. The number of amides is 2. The summed E-state index contributed by atoms with van der Waals surface area (Å²) in [5.74, 6) is -2.12. The van der Waals surface area contributed by atoms with Crippen molar-refractivity contribution in [2.24, 2.45) is 0 Å². The lowest BCUT2D eigenvalue weighted by Gasteiger charge is -2.26. The van der Waals surface area contributed by atoms with E-state index < -0.39 is 41.1 Å². The van der Waals surface area contributed by atoms with Crippen molar-refractivity contribution >= 4 is 40.5 Å². The van der Waals surface area contributed by atoms with Crippen LogP contribution in [0.1, 0.15) is 70.9 Å². The zero-order valence-corrected chi connectivity index (χ0v) is 21.6. The molecule has 1 aromatic heterocycles. The van der Waals surface area contributed by atoms with E-state index in [1.54, 1.807) is 48.5 Å². The van der Waals surface area contributed by atoms with Gasteiger partial charge in [-0.1, -0.05) is 0 Å². The van der Waals surface area contributed by atoms with E-state index in [9.17, 15) is 23.6 Å². The Hall–Kier alpha value is -3.69. The maximum atomic E-state index is 14.4. The van der Waals surface area contributed by atoms with Crippen molar-refractivity contribution in [2.45, 2.75) is 66.1 Å². The van der Waals surface area contributed by atoms with Gasteiger partial charge in [-0.2, -0.15) is 0 Å². The summed E-state index contributed by atoms with van der Waals surface area (Å²) in [6.07, 6.45) is -0.572. The summed E-state index contributed by atoms with van der Waals surface area (Å²) in [5, 5.41) is 0.214. The maximum Gasteiger partial charge on any atom is 0.419 e. The lowest BCUT2D eigenvalue weighted by Crippen LogP contribution is -2.42. The molecule has 1 aliphatic rings. The second kappa shape index (κ2) is 9.75. The molecular formula is C26H31FN2O7. The highest BCUT2D eigenvalue weighted by atomic mass is 19.1. The lowest BCUT2D eigenvalue weighted by molar-refractivity contribution is -0.137. The van der Waals surface area contributed by atoms with Gasteiger partial charge in [-0.3, -0.25) is 4.79 Å². The minimum atomic E-state index is -0.914. The van der Waals surface area contributed by atoms with Gasteiger partial charge in [0.1, 0.15) is 22.7 Å². The lowest BCUT2D eigenvalue weighted by atomic mass is 9.99. The van der Waals surface area contributed by atoms with E-state index in [4.69, 9.17) is 14.2 Å². The van der Waals surface area contributed by atoms with Crippen LogP contribution < -0.4 is 0 Å². The van der Waals surface area contributed by atoms with Crippen molar-refractivity contribution in [1.29, 1.82) is 0 Å². The van der Waals surface area contributed by atoms with E-state index in [1.807, 2.05) is 0 Å². The average molecular weight is 503 g/mol. The maximum absolute atomic E-state index is 14.4. The molecule has 1 aromatic carbocycles. The number of nitrogens with zero attached hydrogens (tertiary/aromatic N) is 2. The number of esters is 1. The first-order chi connectivity index (χ1) is 16.6. The van der Waals surface area contributed by atoms with Crippen LogP contribution in [0.4, 0.5) is 14.0 Å². The third-order valence-electron chi connectivity index (χ3n) is 5.07. The van der Waals surface area contributed by atoms with Crippen LogP contribution in [0.2, 0.25) is 0 Å². The zero-order valence-electron chi connectivity index (χ0n) is 21.6. The summed E-state index contributed by atoms with van der Waals surface area (Å²) in [7, 11) is 0. The number of imide groups is 1. The molecule has 10 heteroatoms. The van der Waals surface area contributed by atoms with E-state index >= 15 is 0 Å². The first-order valence-electron chi connectivity index (χ1n) is 11.6. The van der Waals surface area contributed by atoms with Crippen molar-refractivity contribution in [3.63, 3.8) is 0 Å². The molecule has 0 saturated carbocycles. The third kappa shape index (κ3) is 5.75. The van der Waals surface area contributed by atoms with Gasteiger partial charge in [-0.25, -0.2) is 28.2 Å². The van der Waals surface area contributed by atoms with Gasteiger partial charge in [0, 0.05) is 23.6 Å². The number of hydrogen-bond acceptors (Lipinski definition) is 7. The second-order valence-corrected chi connectivity index (χ2v) is 10.3. The molecule has 2 aromatic rings. The van der Waals surface area contributed by atoms with Gasteiger partial charge in [0.2, 0.25) is 0 Å². The summed E-state index contributed by atoms with van der Waals surface area (Å²) >= 11 is 0. The first-order valence-corrected chi connectivity index (χ1v) is 11.6. The molecule has 194 valence electrons. The summed E-state index contributed by atoms with van der Waals surface area (Å²) in [4.78, 5) is 53.4. The topological polar surface area (TPSA) is 104 Å². The number of carbonyl (C=O) groups excluding carboxylic acids is 4. The van der Waals surface area contributed by atoms with Crippen LogP contribution in [0, 0.1) is 5.82 Å². The fourth-order valence-electron chi connectivity index (χ4n) is 3.84. The van der Waals surface area contributed by atoms with Crippen molar-refractivity contribution in [3.8, 4) is 0 Å². The smallest absolute Gasteiger partial charge is 0.419 e. The van der Waals surface area contributed by atoms with Crippen LogP contribution in [0.5, 0.6) is 0 Å². The molecule has 0 fully saturated rings. The molecule has 0 radical (unpaired) electrons. The van der Waals surface area contributed by atoms with Crippen molar-refractivity contribution < 1.29 is 37.8 Å². The molecule has 0 N–H and O–H groups in total. The van der Waals surface area contributed by atoms with Crippen molar-refractivity contribution in [3.05, 3.63) is 41.3 Å². The monoisotopic (exact) mass is 502 g/mol. The Morgan fingerprint density at radius 1 is 1.03 bits per heavy atom. The standard InChI is InChI=1S/C26H31FN2O7/c1-8-34-19(30)13-15-11-12-28(23(32)35-25(2,3)4)22(31)21-20(15)17-14-16(27)9-10-18(17)29(21)24(33)36-26(5,6)7/h9-10,13-14H,8,11-12H2,1-7H3/b15-13+. The van der Waals surface area contributed by atoms with Crippen LogP contribution in [0.25, 0.3) is 16.5 Å². The number of fused-ring (bicyclic) bond motifs is 3. The predicted octanol–water partition coefficient (Wildman–Crippen LogP) is 5.29. The average Bonchev–Trinajstić information content (AvgIpc) is 2.97. The number of halogens is 1. The minimum absolute atomic E-state index is 0.0424. The van der Waals surface area contributed by atoms with Crippen LogP contribution in [0.15, 0.2) is 24.3 Å². The Labute approximate surface area is 208 Å². The Kier molecular flexibility index (Phi) is 7.29. The van der Waals surface area contributed by atoms with Gasteiger partial charge in [0.05, 0.1) is 12.1 Å². The molecule has 0 bridgehead atoms. The number of ether oxygens (including phenoxy) is 3. The molecule has 2 amide bonds. The Balaban J connectivity index is 2.35. The Morgan fingerprint density at radius 2 is 1.64 bits per heavy atom. The van der Waals surface area contributed by atoms with Crippen LogP contribution >= 0.6 is 0 Å². The number of benzene rings is 1. The zero-order chi connectivity index (χ0) is 27.0. The molecule has 3 rings (SSSR count). The predicted molar refractivity (Wildman–Crippen MR) is 130 cm³/mol. The molecule has 9 nitrogen and oxygen atoms in total. The summed E-state index contributed by atoms with van der Waals surface area (Å²) < 4.78 is 31.4. The fourth-order valence-corrected chi connectivity index (χ4v) is 3.84. The summed E-state index contributed by atoms with van der Waals surface area (Å²) in [6.45, 7) is 11.6. The molecule has 36 heavy (non-hydrogen) atoms. The summed E-state index contributed by atoms with van der Waals surface area (Å²) in [6, 6.07) is 3.66. The number of carbonyl (C=O) groups is 4. The molecule has 0 atom stereocenters. The highest BCUT2D eigenvalue weighted by Gasteiger charge is 2.39. The fraction of sp³-hybridized carbons (Fsp3) is 0.462.